The fourth-order valence-electron chi connectivity index (χ4n) is 3.59. The topological polar surface area (TPSA) is 78.9 Å². The lowest BCUT2D eigenvalue weighted by atomic mass is 10.2. The maximum absolute atomic E-state index is 11.1. The number of aryl methyl sites for hydroxylation is 1. The number of non-ortho nitro benzene ring substituents is 1. The minimum atomic E-state index is -0.387. The van der Waals surface area contributed by atoms with Crippen molar-refractivity contribution in [2.45, 2.75) is 13.8 Å². The maximum Gasteiger partial charge on any atom is 0.271 e. The van der Waals surface area contributed by atoms with Gasteiger partial charge in [-0.2, -0.15) is 0 Å². The first kappa shape index (κ1) is 21.8. The van der Waals surface area contributed by atoms with Crippen molar-refractivity contribution in [1.29, 1.82) is 0 Å². The number of methoxy groups -OCH3 is 1. The molecule has 0 saturated heterocycles. The lowest BCUT2D eigenvalue weighted by Gasteiger charge is -2.09. The van der Waals surface area contributed by atoms with Gasteiger partial charge in [-0.1, -0.05) is 6.07 Å². The van der Waals surface area contributed by atoms with E-state index in [2.05, 4.69) is 4.99 Å². The molecular weight excluding hydrogens is 418 g/mol. The quantitative estimate of drug-likeness (QED) is 0.185. The van der Waals surface area contributed by atoms with Crippen LogP contribution in [0.2, 0.25) is 0 Å². The number of aliphatic imine (C=N–C) groups is 1. The van der Waals surface area contributed by atoms with Crippen molar-refractivity contribution < 1.29 is 14.4 Å². The summed E-state index contributed by atoms with van der Waals surface area (Å²) in [6, 6.07) is 23.5. The lowest BCUT2D eigenvalue weighted by molar-refractivity contribution is -0.384. The van der Waals surface area contributed by atoms with E-state index in [4.69, 9.17) is 9.47 Å². The number of nitro benzene ring substituents is 1. The molecule has 4 rings (SSSR count). The SMILES string of the molecule is COc1ccc(Oc2ccc(N=Cc3cc(C)n(-c4cccc([N+](=O)[O-])c4)c3C)cc2)cc1. The average Bonchev–Trinajstić information content (AvgIpc) is 3.12. The second kappa shape index (κ2) is 9.40. The van der Waals surface area contributed by atoms with Gasteiger partial charge in [0, 0.05) is 35.3 Å². The second-order valence-corrected chi connectivity index (χ2v) is 7.47. The van der Waals surface area contributed by atoms with Gasteiger partial charge in [0.15, 0.2) is 0 Å². The molecule has 0 spiro atoms. The molecule has 1 aromatic heterocycles. The van der Waals surface area contributed by atoms with Gasteiger partial charge in [-0.15, -0.1) is 0 Å². The average molecular weight is 441 g/mol. The molecule has 0 aliphatic carbocycles. The number of hydrogen-bond donors (Lipinski definition) is 0. The third-order valence-corrected chi connectivity index (χ3v) is 5.25. The van der Waals surface area contributed by atoms with Gasteiger partial charge in [-0.3, -0.25) is 15.1 Å². The molecule has 7 nitrogen and oxygen atoms in total. The molecule has 33 heavy (non-hydrogen) atoms. The van der Waals surface area contributed by atoms with Gasteiger partial charge in [0.1, 0.15) is 17.2 Å². The van der Waals surface area contributed by atoms with E-state index < -0.39 is 0 Å². The fraction of sp³-hybridized carbons (Fsp3) is 0.115. The number of hydrogen-bond acceptors (Lipinski definition) is 5. The van der Waals surface area contributed by atoms with E-state index in [0.29, 0.717) is 5.75 Å². The van der Waals surface area contributed by atoms with Gasteiger partial charge in [0.2, 0.25) is 0 Å². The van der Waals surface area contributed by atoms with Crippen LogP contribution in [0.15, 0.2) is 83.9 Å². The van der Waals surface area contributed by atoms with Crippen molar-refractivity contribution in [1.82, 2.24) is 4.57 Å². The molecule has 0 radical (unpaired) electrons. The predicted molar refractivity (Wildman–Crippen MR) is 129 cm³/mol. The van der Waals surface area contributed by atoms with Gasteiger partial charge in [0.25, 0.3) is 5.69 Å². The van der Waals surface area contributed by atoms with Crippen molar-refractivity contribution in [2.75, 3.05) is 7.11 Å². The molecule has 0 aliphatic rings. The molecule has 0 bridgehead atoms. The first-order valence-electron chi connectivity index (χ1n) is 10.3. The van der Waals surface area contributed by atoms with Crippen molar-refractivity contribution in [2.24, 2.45) is 4.99 Å². The zero-order valence-corrected chi connectivity index (χ0v) is 18.6. The number of ether oxygens (including phenoxy) is 2. The highest BCUT2D eigenvalue weighted by atomic mass is 16.6. The monoisotopic (exact) mass is 441 g/mol. The lowest BCUT2D eigenvalue weighted by Crippen LogP contribution is -2.00. The molecule has 166 valence electrons. The number of aromatic nitrogens is 1. The summed E-state index contributed by atoms with van der Waals surface area (Å²) < 4.78 is 13.0. The van der Waals surface area contributed by atoms with Crippen molar-refractivity contribution >= 4 is 17.6 Å². The van der Waals surface area contributed by atoms with Gasteiger partial charge in [-0.05, 0) is 74.5 Å². The van der Waals surface area contributed by atoms with E-state index in [0.717, 1.165) is 39.8 Å². The smallest absolute Gasteiger partial charge is 0.271 e. The maximum atomic E-state index is 11.1. The molecule has 4 aromatic rings. The van der Waals surface area contributed by atoms with E-state index in [1.54, 1.807) is 25.5 Å². The molecule has 0 aliphatic heterocycles. The van der Waals surface area contributed by atoms with Crippen molar-refractivity contribution in [3.05, 3.63) is 106 Å². The van der Waals surface area contributed by atoms with Crippen LogP contribution in [0.5, 0.6) is 17.2 Å². The Kier molecular flexibility index (Phi) is 6.22. The van der Waals surface area contributed by atoms with Crippen LogP contribution in [0.1, 0.15) is 17.0 Å². The van der Waals surface area contributed by atoms with Gasteiger partial charge in [0.05, 0.1) is 23.4 Å². The van der Waals surface area contributed by atoms with Crippen LogP contribution in [0.3, 0.4) is 0 Å². The summed E-state index contributed by atoms with van der Waals surface area (Å²) in [5.41, 5.74) is 4.47. The van der Waals surface area contributed by atoms with E-state index in [-0.39, 0.29) is 10.6 Å². The molecule has 7 heteroatoms. The Morgan fingerprint density at radius 1 is 0.909 bits per heavy atom. The molecule has 0 saturated carbocycles. The Bertz CT molecular complexity index is 1310. The van der Waals surface area contributed by atoms with Crippen molar-refractivity contribution in [3.8, 4) is 22.9 Å². The summed E-state index contributed by atoms with van der Waals surface area (Å²) in [6.07, 6.45) is 1.80. The minimum absolute atomic E-state index is 0.0622. The van der Waals surface area contributed by atoms with Crippen LogP contribution in [0, 0.1) is 24.0 Å². The summed E-state index contributed by atoms with van der Waals surface area (Å²) in [4.78, 5) is 15.3. The zero-order chi connectivity index (χ0) is 23.4. The van der Waals surface area contributed by atoms with Crippen LogP contribution in [-0.4, -0.2) is 22.8 Å². The van der Waals surface area contributed by atoms with Gasteiger partial charge >= 0.3 is 0 Å². The number of nitrogens with zero attached hydrogens (tertiary/aromatic N) is 3. The van der Waals surface area contributed by atoms with Crippen LogP contribution >= 0.6 is 0 Å². The summed E-state index contributed by atoms with van der Waals surface area (Å²) >= 11 is 0. The first-order chi connectivity index (χ1) is 15.9. The van der Waals surface area contributed by atoms with Gasteiger partial charge < -0.3 is 14.0 Å². The second-order valence-electron chi connectivity index (χ2n) is 7.47. The zero-order valence-electron chi connectivity index (χ0n) is 18.6. The third-order valence-electron chi connectivity index (χ3n) is 5.25. The Labute approximate surface area is 191 Å². The normalized spacial score (nSPS) is 11.0. The first-order valence-corrected chi connectivity index (χ1v) is 10.3. The molecular formula is C26H23N3O4. The van der Waals surface area contributed by atoms with Crippen LogP contribution < -0.4 is 9.47 Å². The summed E-state index contributed by atoms with van der Waals surface area (Å²) in [5, 5.41) is 11.1. The van der Waals surface area contributed by atoms with E-state index in [9.17, 15) is 10.1 Å². The van der Waals surface area contributed by atoms with Crippen LogP contribution in [0.4, 0.5) is 11.4 Å². The Hall–Kier alpha value is -4.39. The minimum Gasteiger partial charge on any atom is -0.497 e. The summed E-state index contributed by atoms with van der Waals surface area (Å²) in [5.74, 6) is 2.21. The molecule has 3 aromatic carbocycles. The fourth-order valence-corrected chi connectivity index (χ4v) is 3.59. The Balaban J connectivity index is 1.50. The van der Waals surface area contributed by atoms with E-state index in [1.165, 1.54) is 6.07 Å². The number of nitro groups is 1. The molecule has 1 heterocycles. The third kappa shape index (κ3) is 4.93. The molecule has 0 fully saturated rings. The predicted octanol–water partition coefficient (Wildman–Crippen LogP) is 6.55. The Morgan fingerprint density at radius 2 is 1.55 bits per heavy atom. The van der Waals surface area contributed by atoms with E-state index >= 15 is 0 Å². The summed E-state index contributed by atoms with van der Waals surface area (Å²) in [7, 11) is 1.63. The molecule has 0 amide bonds. The van der Waals surface area contributed by atoms with Crippen LogP contribution in [0.25, 0.3) is 5.69 Å². The highest BCUT2D eigenvalue weighted by molar-refractivity contribution is 5.84. The molecule has 0 atom stereocenters. The number of rotatable bonds is 7. The molecule has 0 N–H and O–H groups in total. The van der Waals surface area contributed by atoms with Crippen molar-refractivity contribution in [3.63, 3.8) is 0 Å². The van der Waals surface area contributed by atoms with E-state index in [1.807, 2.05) is 79.1 Å². The number of benzene rings is 3. The highest BCUT2D eigenvalue weighted by Crippen LogP contribution is 2.27. The standard InChI is InChI=1S/C26H23N3O4/c1-18-15-20(19(2)28(18)22-5-4-6-23(16-22)29(30)31)17-27-21-7-9-25(10-8-21)33-26-13-11-24(32-3)12-14-26/h4-17H,1-3H3. The Morgan fingerprint density at radius 3 is 2.18 bits per heavy atom. The summed E-state index contributed by atoms with van der Waals surface area (Å²) in [6.45, 7) is 3.94. The van der Waals surface area contributed by atoms with Crippen LogP contribution in [-0.2, 0) is 0 Å². The molecule has 0 unspecified atom stereocenters. The highest BCUT2D eigenvalue weighted by Gasteiger charge is 2.12. The largest absolute Gasteiger partial charge is 0.497 e. The van der Waals surface area contributed by atoms with Gasteiger partial charge in [-0.25, -0.2) is 0 Å².